The largest absolute Gasteiger partial charge is 0.391 e. The average Bonchev–Trinajstić information content (AvgIpc) is 3.49. The summed E-state index contributed by atoms with van der Waals surface area (Å²) < 4.78 is 32.1. The molecule has 0 amide bonds. The second-order valence-electron chi connectivity index (χ2n) is 9.41. The predicted molar refractivity (Wildman–Crippen MR) is 142 cm³/mol. The molecule has 15 heteroatoms. The number of hydrogen-bond donors (Lipinski definition) is 5. The van der Waals surface area contributed by atoms with Gasteiger partial charge in [0.1, 0.15) is 59.6 Å². The molecule has 216 valence electrons. The minimum absolute atomic E-state index is 0.261. The summed E-state index contributed by atoms with van der Waals surface area (Å²) in [5.41, 5.74) is -0.603. The molecule has 0 bridgehead atoms. The number of aliphatic hydroxyl groups is 5. The molecule has 5 N–H and O–H groups in total. The Kier molecular flexibility index (Phi) is 11.7. The highest BCUT2D eigenvalue weighted by atomic mass is 32.2. The Morgan fingerprint density at radius 3 is 1.59 bits per heavy atom. The van der Waals surface area contributed by atoms with Crippen molar-refractivity contribution in [3.63, 3.8) is 0 Å². The zero-order valence-corrected chi connectivity index (χ0v) is 23.7. The van der Waals surface area contributed by atoms with E-state index in [1.54, 1.807) is 7.11 Å². The van der Waals surface area contributed by atoms with Crippen LogP contribution in [0.4, 0.5) is 4.39 Å². The van der Waals surface area contributed by atoms with Crippen LogP contribution in [0.3, 0.4) is 0 Å². The maximum atomic E-state index is 10.1. The second-order valence-corrected chi connectivity index (χ2v) is 11.5. The minimum Gasteiger partial charge on any atom is -0.391 e. The Morgan fingerprint density at radius 1 is 0.865 bits per heavy atom. The van der Waals surface area contributed by atoms with Gasteiger partial charge in [0.15, 0.2) is 10.3 Å². The van der Waals surface area contributed by atoms with Gasteiger partial charge in [0.05, 0.1) is 20.7 Å². The van der Waals surface area contributed by atoms with Gasteiger partial charge in [0, 0.05) is 35.3 Å². The number of alkyl halides is 1. The molecule has 4 aliphatic heterocycles. The van der Waals surface area contributed by atoms with E-state index in [-0.39, 0.29) is 17.0 Å². The normalized spacial score (nSPS) is 40.3. The van der Waals surface area contributed by atoms with E-state index >= 15 is 0 Å². The number of thioether (sulfide) groups is 2. The number of aliphatic hydroxyl groups excluding tert-OH is 5. The van der Waals surface area contributed by atoms with Crippen molar-refractivity contribution >= 4 is 33.9 Å². The van der Waals surface area contributed by atoms with Gasteiger partial charge >= 0.3 is 0 Å². The number of ether oxygens (including phenoxy) is 3. The van der Waals surface area contributed by atoms with Crippen LogP contribution in [0, 0.1) is 0 Å². The first kappa shape index (κ1) is 30.8. The number of hydrogen-bond acceptors (Lipinski definition) is 14. The lowest BCUT2D eigenvalue weighted by atomic mass is 9.95. The van der Waals surface area contributed by atoms with E-state index in [0.29, 0.717) is 0 Å². The van der Waals surface area contributed by atoms with Gasteiger partial charge in [-0.25, -0.2) is 0 Å². The molecule has 0 aromatic rings. The first-order valence-electron chi connectivity index (χ1n) is 12.4. The Balaban J connectivity index is 0.000000242. The smallest absolute Gasteiger partial charge is 0.161 e. The van der Waals surface area contributed by atoms with E-state index in [9.17, 15) is 29.9 Å². The van der Waals surface area contributed by atoms with Gasteiger partial charge in [0.2, 0.25) is 0 Å². The van der Waals surface area contributed by atoms with Gasteiger partial charge in [-0.1, -0.05) is 23.5 Å². The third-order valence-electron chi connectivity index (χ3n) is 6.25. The lowest BCUT2D eigenvalue weighted by Crippen LogP contribution is -2.58. The molecule has 0 aromatic heterocycles. The van der Waals surface area contributed by atoms with E-state index in [4.69, 9.17) is 15.6 Å². The molecule has 2 saturated heterocycles. The summed E-state index contributed by atoms with van der Waals surface area (Å²) in [5.74, 6) is 0. The lowest BCUT2D eigenvalue weighted by Gasteiger charge is -2.40. The molecule has 4 aliphatic rings. The molecule has 4 heterocycles. The Bertz CT molecular complexity index is 817. The van der Waals surface area contributed by atoms with Crippen molar-refractivity contribution in [2.45, 2.75) is 85.6 Å². The highest BCUT2D eigenvalue weighted by Crippen LogP contribution is 2.39. The van der Waals surface area contributed by atoms with Crippen LogP contribution >= 0.6 is 23.5 Å². The fourth-order valence-electron chi connectivity index (χ4n) is 4.10. The van der Waals surface area contributed by atoms with Crippen LogP contribution in [0.2, 0.25) is 0 Å². The third-order valence-corrected chi connectivity index (χ3v) is 8.86. The number of fused-ring (bicyclic) bond motifs is 2. The Hall–Kier alpha value is -0.750. The van der Waals surface area contributed by atoms with E-state index in [1.807, 2.05) is 44.9 Å². The molecule has 0 aliphatic carbocycles. The number of nitrogens with zero attached hydrogens (tertiary/aromatic N) is 4. The maximum absolute atomic E-state index is 10.1. The molecule has 0 aromatic carbocycles. The highest BCUT2D eigenvalue weighted by molar-refractivity contribution is 8.14. The molecule has 0 saturated carbocycles. The van der Waals surface area contributed by atoms with Crippen LogP contribution in [0.5, 0.6) is 0 Å². The number of methoxy groups -OCH3 is 1. The maximum Gasteiger partial charge on any atom is 0.161 e. The number of halogens is 1. The van der Waals surface area contributed by atoms with Crippen molar-refractivity contribution in [1.82, 2.24) is 9.80 Å². The van der Waals surface area contributed by atoms with Gasteiger partial charge in [-0.3, -0.25) is 14.4 Å². The molecular weight excluding hydrogens is 531 g/mol. The number of rotatable bonds is 3. The van der Waals surface area contributed by atoms with Crippen molar-refractivity contribution in [3.8, 4) is 0 Å². The van der Waals surface area contributed by atoms with Crippen LogP contribution in [0.15, 0.2) is 9.98 Å². The summed E-state index contributed by atoms with van der Waals surface area (Å²) in [4.78, 5) is 12.4. The molecule has 0 spiro atoms. The SMILES string of the molecule is CO[C@@H](C)[C@H]1O[C@@H]2SC(N(C)C)=N[C@@H]2[C@@H](O)[C@@H]1O.C[C@H](O)[C@H]1O[C@@H]2SC(N(C)C)=N[C@@H]2[C@@H](O)[C@@H]1O.[2H]CF. The molecule has 0 unspecified atom stereocenters. The summed E-state index contributed by atoms with van der Waals surface area (Å²) in [6.07, 6.45) is -6.42. The van der Waals surface area contributed by atoms with E-state index < -0.39 is 62.0 Å². The zero-order chi connectivity index (χ0) is 28.9. The van der Waals surface area contributed by atoms with Crippen LogP contribution in [-0.2, 0) is 14.2 Å². The molecular formula is C22H41FN4O8S2. The molecule has 0 radical (unpaired) electrons. The first-order valence-corrected chi connectivity index (χ1v) is 13.5. The number of amidine groups is 2. The zero-order valence-electron chi connectivity index (χ0n) is 23.1. The fourth-order valence-corrected chi connectivity index (χ4v) is 6.40. The summed E-state index contributed by atoms with van der Waals surface area (Å²) in [6, 6.07) is -0.884. The van der Waals surface area contributed by atoms with Crippen LogP contribution in [0.25, 0.3) is 0 Å². The topological polar surface area (TPSA) is 160 Å². The molecule has 2 fully saturated rings. The van der Waals surface area contributed by atoms with Gasteiger partial charge in [-0.15, -0.1) is 0 Å². The lowest BCUT2D eigenvalue weighted by molar-refractivity contribution is -0.186. The van der Waals surface area contributed by atoms with Crippen molar-refractivity contribution in [2.24, 2.45) is 9.98 Å². The van der Waals surface area contributed by atoms with Gasteiger partial charge in [0.25, 0.3) is 0 Å². The minimum atomic E-state index is -1.11. The third kappa shape index (κ3) is 7.26. The molecule has 12 atom stereocenters. The number of aliphatic imine (C=N–C) groups is 2. The van der Waals surface area contributed by atoms with E-state index in [1.165, 1.54) is 30.4 Å². The predicted octanol–water partition coefficient (Wildman–Crippen LogP) is -1.07. The van der Waals surface area contributed by atoms with Crippen LogP contribution in [0.1, 0.15) is 15.2 Å². The Labute approximate surface area is 227 Å². The molecule has 4 rings (SSSR count). The van der Waals surface area contributed by atoms with Crippen LogP contribution < -0.4 is 0 Å². The summed E-state index contributed by atoms with van der Waals surface area (Å²) in [6.45, 7) is 3.35. The Morgan fingerprint density at radius 2 is 1.24 bits per heavy atom. The van der Waals surface area contributed by atoms with Crippen molar-refractivity contribution in [1.29, 1.82) is 0 Å². The van der Waals surface area contributed by atoms with Gasteiger partial charge < -0.3 is 49.5 Å². The van der Waals surface area contributed by atoms with E-state index in [0.717, 1.165) is 10.3 Å². The van der Waals surface area contributed by atoms with E-state index in [2.05, 4.69) is 9.98 Å². The average molecular weight is 574 g/mol. The summed E-state index contributed by atoms with van der Waals surface area (Å²) in [5, 5.41) is 51.1. The van der Waals surface area contributed by atoms with Gasteiger partial charge in [-0.05, 0) is 13.8 Å². The first-order chi connectivity index (χ1) is 17.8. The summed E-state index contributed by atoms with van der Waals surface area (Å²) in [7, 11) is 8.06. The van der Waals surface area contributed by atoms with Gasteiger partial charge in [-0.2, -0.15) is 0 Å². The highest BCUT2D eigenvalue weighted by Gasteiger charge is 2.51. The summed E-state index contributed by atoms with van der Waals surface area (Å²) >= 11 is 2.87. The monoisotopic (exact) mass is 573 g/mol. The fraction of sp³-hybridized carbons (Fsp3) is 0.909. The molecule has 37 heavy (non-hydrogen) atoms. The standard InChI is InChI=1S/C11H20N2O4S.C10H18N2O4S.CH3F/c1-5(16-4)9-8(15)7(14)6-10(17-9)18-11(12-6)13(2)3;1-4(13)8-7(15)6(14)5-9(16-8)17-10(11-5)12(2)3;1-2/h5-10,14-15H,1-4H3;4-9,13-15H,1-3H3;1H3/t5-,6+,7+,8-,9+,10+;4-,5+,6+,7-,8+,9+;/m00./s1/i;;1D. The quantitative estimate of drug-likeness (QED) is 0.279. The van der Waals surface area contributed by atoms with Crippen LogP contribution in [-0.4, -0.2) is 160 Å². The van der Waals surface area contributed by atoms with Crippen molar-refractivity contribution < 1.29 is 45.5 Å². The second kappa shape index (κ2) is 14.1. The van der Waals surface area contributed by atoms with Crippen molar-refractivity contribution in [3.05, 3.63) is 0 Å². The van der Waals surface area contributed by atoms with Crippen molar-refractivity contribution in [2.75, 3.05) is 42.5 Å². The molecule has 12 nitrogen and oxygen atoms in total.